The Morgan fingerprint density at radius 3 is 2.39 bits per heavy atom. The average molecular weight is 554 g/mol. The molecule has 0 aliphatic carbocycles. The van der Waals surface area contributed by atoms with E-state index in [2.05, 4.69) is 15.0 Å². The van der Waals surface area contributed by atoms with Crippen molar-refractivity contribution in [1.82, 2.24) is 15.0 Å². The Morgan fingerprint density at radius 1 is 0.895 bits per heavy atom. The van der Waals surface area contributed by atoms with Gasteiger partial charge in [-0.1, -0.05) is 42.5 Å². The van der Waals surface area contributed by atoms with Crippen molar-refractivity contribution in [2.24, 2.45) is 0 Å². The maximum atomic E-state index is 15.9. The minimum atomic E-state index is -4.82. The van der Waals surface area contributed by atoms with E-state index in [9.17, 15) is 17.2 Å². The molecule has 192 valence electrons. The number of anilines is 2. The number of sulfonamides is 1. The van der Waals surface area contributed by atoms with Gasteiger partial charge in [-0.2, -0.15) is 0 Å². The smallest absolute Gasteiger partial charge is 0.267 e. The molecule has 0 aliphatic heterocycles. The molecule has 0 saturated carbocycles. The van der Waals surface area contributed by atoms with Crippen LogP contribution in [0.2, 0.25) is 0 Å². The highest BCUT2D eigenvalue weighted by Gasteiger charge is 2.28. The Kier molecular flexibility index (Phi) is 6.59. The van der Waals surface area contributed by atoms with Crippen molar-refractivity contribution in [3.8, 4) is 32.4 Å². The highest BCUT2D eigenvalue weighted by atomic mass is 32.2. The number of thiazole rings is 1. The van der Waals surface area contributed by atoms with Crippen LogP contribution >= 0.6 is 11.3 Å². The summed E-state index contributed by atoms with van der Waals surface area (Å²) in [5, 5.41) is 0.557. The number of aryl methyl sites for hydroxylation is 1. The van der Waals surface area contributed by atoms with Crippen LogP contribution in [0.5, 0.6) is 0 Å². The normalized spacial score (nSPS) is 11.5. The number of nitrogens with one attached hydrogen (secondary N) is 1. The lowest BCUT2D eigenvalue weighted by Crippen LogP contribution is -2.18. The predicted molar refractivity (Wildman–Crippen MR) is 140 cm³/mol. The Bertz CT molecular complexity index is 1780. The molecular weight excluding hydrogens is 535 g/mol. The summed E-state index contributed by atoms with van der Waals surface area (Å²) >= 11 is 1.24. The molecule has 5 aromatic rings. The van der Waals surface area contributed by atoms with Crippen LogP contribution in [0, 0.1) is 24.4 Å². The van der Waals surface area contributed by atoms with E-state index in [1.54, 1.807) is 6.07 Å². The summed E-state index contributed by atoms with van der Waals surface area (Å²) in [6.07, 6.45) is 1.45. The fourth-order valence-corrected chi connectivity index (χ4v) is 6.07. The van der Waals surface area contributed by atoms with Crippen molar-refractivity contribution in [3.05, 3.63) is 95.9 Å². The van der Waals surface area contributed by atoms with Gasteiger partial charge in [-0.05, 0) is 36.8 Å². The standard InChI is InChI=1S/C26H18F3N5O2S2/c1-14-10-11-17(27)24(20(14)28)38(35,36)34-18-9-5-8-16(21(18)29)22-23(19-12-13-31-26(30)32-19)37-25(33-22)15-6-3-2-4-7-15/h2-13,34H,1H3,(H2,30,31,32). The van der Waals surface area contributed by atoms with Crippen molar-refractivity contribution >= 4 is 33.0 Å². The van der Waals surface area contributed by atoms with Gasteiger partial charge in [0.2, 0.25) is 5.95 Å². The summed E-state index contributed by atoms with van der Waals surface area (Å²) in [7, 11) is -4.82. The molecule has 3 aromatic carbocycles. The number of nitrogen functional groups attached to an aromatic ring is 1. The summed E-state index contributed by atoms with van der Waals surface area (Å²) in [4.78, 5) is 12.0. The van der Waals surface area contributed by atoms with Crippen molar-refractivity contribution in [2.75, 3.05) is 10.5 Å². The van der Waals surface area contributed by atoms with Gasteiger partial charge in [0.25, 0.3) is 10.0 Å². The Balaban J connectivity index is 1.64. The molecule has 0 fully saturated rings. The first kappa shape index (κ1) is 25.4. The first-order valence-electron chi connectivity index (χ1n) is 11.1. The van der Waals surface area contributed by atoms with Crippen molar-refractivity contribution < 1.29 is 21.6 Å². The largest absolute Gasteiger partial charge is 0.368 e. The zero-order valence-corrected chi connectivity index (χ0v) is 21.2. The second-order valence-corrected chi connectivity index (χ2v) is 10.8. The minimum absolute atomic E-state index is 0.00676. The van der Waals surface area contributed by atoms with E-state index in [0.717, 1.165) is 23.8 Å². The zero-order valence-electron chi connectivity index (χ0n) is 19.6. The summed E-state index contributed by atoms with van der Waals surface area (Å²) in [6.45, 7) is 1.29. The molecule has 0 amide bonds. The third-order valence-electron chi connectivity index (χ3n) is 5.56. The number of aromatic nitrogens is 3. The number of nitrogens with two attached hydrogens (primary N) is 1. The molecule has 0 bridgehead atoms. The van der Waals surface area contributed by atoms with Gasteiger partial charge in [0.1, 0.15) is 16.6 Å². The van der Waals surface area contributed by atoms with E-state index >= 15 is 4.39 Å². The fourth-order valence-electron chi connectivity index (χ4n) is 3.75. The molecule has 2 heterocycles. The van der Waals surface area contributed by atoms with Crippen LogP contribution in [-0.4, -0.2) is 23.4 Å². The first-order valence-corrected chi connectivity index (χ1v) is 13.4. The third-order valence-corrected chi connectivity index (χ3v) is 8.09. The Hall–Kier alpha value is -4.29. The molecule has 0 aliphatic rings. The second kappa shape index (κ2) is 9.88. The van der Waals surface area contributed by atoms with E-state index in [1.165, 1.54) is 36.6 Å². The van der Waals surface area contributed by atoms with E-state index < -0.39 is 38.1 Å². The van der Waals surface area contributed by atoms with Crippen LogP contribution in [0.1, 0.15) is 5.56 Å². The number of hydrogen-bond donors (Lipinski definition) is 2. The van der Waals surface area contributed by atoms with E-state index in [4.69, 9.17) is 5.73 Å². The van der Waals surface area contributed by atoms with Gasteiger partial charge in [0.05, 0.1) is 22.0 Å². The molecule has 0 unspecified atom stereocenters. The van der Waals surface area contributed by atoms with Gasteiger partial charge < -0.3 is 5.73 Å². The molecule has 7 nitrogen and oxygen atoms in total. The molecule has 5 rings (SSSR count). The minimum Gasteiger partial charge on any atom is -0.368 e. The third kappa shape index (κ3) is 4.71. The highest BCUT2D eigenvalue weighted by Crippen LogP contribution is 2.42. The molecule has 2 aromatic heterocycles. The van der Waals surface area contributed by atoms with Crippen LogP contribution in [0.4, 0.5) is 24.8 Å². The lowest BCUT2D eigenvalue weighted by molar-refractivity contribution is 0.516. The molecule has 0 saturated heterocycles. The molecule has 0 radical (unpaired) electrons. The maximum Gasteiger partial charge on any atom is 0.267 e. The topological polar surface area (TPSA) is 111 Å². The predicted octanol–water partition coefficient (Wildman–Crippen LogP) is 6.04. The van der Waals surface area contributed by atoms with E-state index in [0.29, 0.717) is 15.6 Å². The number of rotatable bonds is 6. The summed E-state index contributed by atoms with van der Waals surface area (Å²) in [5.74, 6) is -3.54. The maximum absolute atomic E-state index is 15.9. The second-order valence-electron chi connectivity index (χ2n) is 8.14. The van der Waals surface area contributed by atoms with Gasteiger partial charge >= 0.3 is 0 Å². The molecule has 0 atom stereocenters. The molecule has 0 spiro atoms. The molecule has 3 N–H and O–H groups in total. The summed E-state index contributed by atoms with van der Waals surface area (Å²) in [5.41, 5.74) is 6.47. The lowest BCUT2D eigenvalue weighted by Gasteiger charge is -2.13. The van der Waals surface area contributed by atoms with Gasteiger partial charge in [0.15, 0.2) is 10.7 Å². The monoisotopic (exact) mass is 553 g/mol. The average Bonchev–Trinajstić information content (AvgIpc) is 3.33. The number of halogens is 3. The van der Waals surface area contributed by atoms with Crippen molar-refractivity contribution in [2.45, 2.75) is 11.8 Å². The highest BCUT2D eigenvalue weighted by molar-refractivity contribution is 7.92. The zero-order chi connectivity index (χ0) is 27.0. The fraction of sp³-hybridized carbons (Fsp3) is 0.0385. The van der Waals surface area contributed by atoms with Gasteiger partial charge in [-0.25, -0.2) is 36.5 Å². The molecular formula is C26H18F3N5O2S2. The van der Waals surface area contributed by atoms with Crippen LogP contribution in [0.25, 0.3) is 32.4 Å². The Labute approximate surface area is 219 Å². The van der Waals surface area contributed by atoms with Gasteiger partial charge in [-0.3, -0.25) is 4.72 Å². The number of benzene rings is 3. The number of hydrogen-bond acceptors (Lipinski definition) is 7. The first-order chi connectivity index (χ1) is 18.2. The quantitative estimate of drug-likeness (QED) is 0.265. The Morgan fingerprint density at radius 2 is 1.66 bits per heavy atom. The van der Waals surface area contributed by atoms with Gasteiger partial charge in [-0.15, -0.1) is 11.3 Å². The van der Waals surface area contributed by atoms with Crippen molar-refractivity contribution in [3.63, 3.8) is 0 Å². The molecule has 38 heavy (non-hydrogen) atoms. The van der Waals surface area contributed by atoms with E-state index in [1.807, 2.05) is 35.1 Å². The van der Waals surface area contributed by atoms with Gasteiger partial charge in [0, 0.05) is 17.3 Å². The lowest BCUT2D eigenvalue weighted by atomic mass is 10.1. The SMILES string of the molecule is Cc1ccc(F)c(S(=O)(=O)Nc2cccc(-c3nc(-c4ccccc4)sc3-c3ccnc(N)n3)c2F)c1F. The molecule has 12 heteroatoms. The summed E-state index contributed by atoms with van der Waals surface area (Å²) in [6, 6.07) is 16.7. The van der Waals surface area contributed by atoms with Crippen LogP contribution in [0.15, 0.2) is 77.8 Å². The van der Waals surface area contributed by atoms with E-state index in [-0.39, 0.29) is 22.8 Å². The van der Waals surface area contributed by atoms with Crippen LogP contribution < -0.4 is 10.5 Å². The number of nitrogens with zero attached hydrogens (tertiary/aromatic N) is 3. The van der Waals surface area contributed by atoms with Crippen LogP contribution in [-0.2, 0) is 10.0 Å². The van der Waals surface area contributed by atoms with Crippen LogP contribution in [0.3, 0.4) is 0 Å². The van der Waals surface area contributed by atoms with Crippen molar-refractivity contribution in [1.29, 1.82) is 0 Å². The summed E-state index contributed by atoms with van der Waals surface area (Å²) < 4.78 is 72.5.